The van der Waals surface area contributed by atoms with E-state index < -0.39 is 0 Å². The Hall–Kier alpha value is 3.03. The zero-order valence-electron chi connectivity index (χ0n) is 1.12. The van der Waals surface area contributed by atoms with Crippen molar-refractivity contribution in [1.82, 2.24) is 0 Å². The molecule has 0 saturated carbocycles. The van der Waals surface area contributed by atoms with E-state index in [1.807, 2.05) is 0 Å². The molecule has 4 heavy (non-hydrogen) atoms. The summed E-state index contributed by atoms with van der Waals surface area (Å²) in [4.78, 5) is 0. The van der Waals surface area contributed by atoms with Gasteiger partial charge < -0.3 is 0 Å². The molecule has 0 fully saturated rings. The van der Waals surface area contributed by atoms with E-state index in [1.165, 1.54) is 0 Å². The van der Waals surface area contributed by atoms with Crippen molar-refractivity contribution in [2.45, 2.75) is 0 Å². The second-order valence-electron chi connectivity index (χ2n) is 0. The molecule has 0 aliphatic heterocycles. The van der Waals surface area contributed by atoms with E-state index in [2.05, 4.69) is 0 Å². The molecule has 0 unspecified atom stereocenters. The summed E-state index contributed by atoms with van der Waals surface area (Å²) in [6.07, 6.45) is 0. The molecule has 0 N–H and O–H groups in total. The summed E-state index contributed by atoms with van der Waals surface area (Å²) < 4.78 is 8.06. The predicted octanol–water partition coefficient (Wildman–Crippen LogP) is -0.772. The molecule has 0 aliphatic rings. The van der Waals surface area contributed by atoms with Crippen molar-refractivity contribution < 1.29 is 45.4 Å². The van der Waals surface area contributed by atoms with Crippen molar-refractivity contribution in [3.8, 4) is 0 Å². The van der Waals surface area contributed by atoms with Crippen LogP contribution in [-0.4, -0.2) is 58.2 Å². The first kappa shape index (κ1) is 15.7. The van der Waals surface area contributed by atoms with Crippen molar-refractivity contribution in [3.05, 3.63) is 0 Å². The van der Waals surface area contributed by atoms with Gasteiger partial charge in [0.25, 0.3) is 0 Å². The number of rotatable bonds is 0. The van der Waals surface area contributed by atoms with Gasteiger partial charge in [0.1, 0.15) is 0 Å². The maximum absolute atomic E-state index is 8.06. The van der Waals surface area contributed by atoms with E-state index in [9.17, 15) is 0 Å². The molecule has 0 radical (unpaired) electrons. The van der Waals surface area contributed by atoms with Crippen molar-refractivity contribution in [2.75, 3.05) is 0 Å². The predicted molar refractivity (Wildman–Crippen MR) is 7.84 cm³/mol. The Kier molecular flexibility index (Phi) is 65.4. The summed E-state index contributed by atoms with van der Waals surface area (Å²) in [5.41, 5.74) is 0. The Balaban J connectivity index is -0.00000000500. The second kappa shape index (κ2) is 16.6. The van der Waals surface area contributed by atoms with Gasteiger partial charge in [0.15, 0.2) is 0 Å². The van der Waals surface area contributed by atoms with E-state index >= 15 is 0 Å². The zero-order chi connectivity index (χ0) is 2.00. The first-order valence-electron chi connectivity index (χ1n) is 0.123. The van der Waals surface area contributed by atoms with Crippen LogP contribution in [0, 0.1) is 0 Å². The molecule has 0 saturated heterocycles. The molecule has 0 amide bonds. The van der Waals surface area contributed by atoms with Crippen LogP contribution in [0.1, 0.15) is 0 Å². The number of hydrogen-bond acceptors (Lipinski definition) is 1. The molecule has 0 aromatic carbocycles. The van der Waals surface area contributed by atoms with Crippen LogP contribution in [0.3, 0.4) is 0 Å². The first-order chi connectivity index (χ1) is 1.00. The SMILES string of the molecule is [O]=[Ag].[RbH].[W]. The Morgan fingerprint density at radius 2 is 1.25 bits per heavy atom. The third-order valence-electron chi connectivity index (χ3n) is 0. The van der Waals surface area contributed by atoms with Gasteiger partial charge in [-0.05, 0) is 0 Å². The molecule has 25 valence electrons. The molecule has 0 aromatic heterocycles. The smallest absolute Gasteiger partial charge is 0 e. The third-order valence-corrected chi connectivity index (χ3v) is 0. The van der Waals surface area contributed by atoms with Crippen LogP contribution >= 0.6 is 0 Å². The minimum absolute atomic E-state index is 0. The van der Waals surface area contributed by atoms with Gasteiger partial charge >= 0.3 is 82.5 Å². The monoisotopic (exact) mass is 393 g/mol. The van der Waals surface area contributed by atoms with Crippen LogP contribution in [0.4, 0.5) is 0 Å². The minimum atomic E-state index is 0. The van der Waals surface area contributed by atoms with Gasteiger partial charge in [-0.15, -0.1) is 0 Å². The van der Waals surface area contributed by atoms with E-state index in [-0.39, 0.29) is 79.3 Å². The average Bonchev–Trinajstić information content (AvgIpc) is 1.00. The van der Waals surface area contributed by atoms with Gasteiger partial charge in [0.05, 0.1) is 0 Å². The molecule has 0 spiro atoms. The summed E-state index contributed by atoms with van der Waals surface area (Å²) in [6, 6.07) is 0. The fraction of sp³-hybridized carbons (Fsp3) is 0. The molecule has 1 nitrogen and oxygen atoms in total. The summed E-state index contributed by atoms with van der Waals surface area (Å²) >= 11 is 1.70. The Bertz CT molecular complexity index is 8.00. The van der Waals surface area contributed by atoms with Crippen molar-refractivity contribution in [2.24, 2.45) is 0 Å². The summed E-state index contributed by atoms with van der Waals surface area (Å²) in [6.45, 7) is 0. The van der Waals surface area contributed by atoms with Crippen molar-refractivity contribution >= 4 is 58.2 Å². The van der Waals surface area contributed by atoms with Gasteiger partial charge in [-0.3, -0.25) is 0 Å². The largest absolute Gasteiger partial charge is 0 e. The Morgan fingerprint density at radius 1 is 1.25 bits per heavy atom. The molecule has 0 aromatic rings. The van der Waals surface area contributed by atoms with Gasteiger partial charge in [0.2, 0.25) is 0 Å². The average molecular weight is 394 g/mol. The normalized spacial score (nSPS) is 1.50. The molecule has 0 bridgehead atoms. The second-order valence-corrected chi connectivity index (χ2v) is 0. The molecular formula is HAgORbW. The van der Waals surface area contributed by atoms with Crippen molar-refractivity contribution in [3.63, 3.8) is 0 Å². The topological polar surface area (TPSA) is 17.1 Å². The Labute approximate surface area is 101 Å². The molecular weight excluding hydrogens is 393 g/mol. The van der Waals surface area contributed by atoms with Crippen LogP contribution in [0.2, 0.25) is 0 Å². The van der Waals surface area contributed by atoms with Crippen LogP contribution < -0.4 is 0 Å². The molecule has 0 atom stereocenters. The quantitative estimate of drug-likeness (QED) is 0.494. The fourth-order valence-corrected chi connectivity index (χ4v) is 0. The van der Waals surface area contributed by atoms with E-state index in [4.69, 9.17) is 3.25 Å². The number of hydrogen-bond donors (Lipinski definition) is 0. The minimum Gasteiger partial charge on any atom is 0 e. The Morgan fingerprint density at radius 3 is 1.25 bits per heavy atom. The zero-order valence-corrected chi connectivity index (χ0v) is 5.53. The van der Waals surface area contributed by atoms with Crippen LogP contribution in [0.15, 0.2) is 0 Å². The third kappa shape index (κ3) is 8.90. The fourth-order valence-electron chi connectivity index (χ4n) is 0. The molecule has 0 aliphatic carbocycles. The van der Waals surface area contributed by atoms with Crippen molar-refractivity contribution in [1.29, 1.82) is 0 Å². The summed E-state index contributed by atoms with van der Waals surface area (Å²) in [5, 5.41) is 0. The molecule has 0 rings (SSSR count). The van der Waals surface area contributed by atoms with Gasteiger partial charge in [0, 0.05) is 21.1 Å². The van der Waals surface area contributed by atoms with Gasteiger partial charge in [-0.1, -0.05) is 0 Å². The van der Waals surface area contributed by atoms with E-state index in [0.717, 1.165) is 0 Å². The summed E-state index contributed by atoms with van der Waals surface area (Å²) in [7, 11) is 0. The van der Waals surface area contributed by atoms with E-state index in [1.54, 1.807) is 21.0 Å². The van der Waals surface area contributed by atoms with Crippen LogP contribution in [-0.2, 0) is 45.4 Å². The first-order valence-corrected chi connectivity index (χ1v) is 0.728. The summed E-state index contributed by atoms with van der Waals surface area (Å²) in [5.74, 6) is 0. The maximum Gasteiger partial charge on any atom is 0 e. The van der Waals surface area contributed by atoms with Crippen LogP contribution in [0.5, 0.6) is 0 Å². The van der Waals surface area contributed by atoms with E-state index in [0.29, 0.717) is 0 Å². The molecule has 4 heteroatoms. The maximum atomic E-state index is 8.06. The standard InChI is InChI=1S/Ag.O.Rb.W.H. The van der Waals surface area contributed by atoms with Gasteiger partial charge in [-0.2, -0.15) is 0 Å². The van der Waals surface area contributed by atoms with Gasteiger partial charge in [-0.25, -0.2) is 0 Å². The van der Waals surface area contributed by atoms with Crippen LogP contribution in [0.25, 0.3) is 0 Å². The molecule has 0 heterocycles.